The largest absolute Gasteiger partial charge is 0.377 e. The van der Waals surface area contributed by atoms with Crippen LogP contribution < -0.4 is 5.73 Å². The summed E-state index contributed by atoms with van der Waals surface area (Å²) in [5.41, 5.74) is 5.99. The zero-order chi connectivity index (χ0) is 10.7. The number of hydrogen-bond acceptors (Lipinski definition) is 5. The molecule has 0 aromatic heterocycles. The highest BCUT2D eigenvalue weighted by atomic mass is 16.7. The Labute approximate surface area is 84.4 Å². The van der Waals surface area contributed by atoms with Crippen molar-refractivity contribution < 1.29 is 18.9 Å². The van der Waals surface area contributed by atoms with Crippen LogP contribution in [0.5, 0.6) is 0 Å². The molecule has 14 heavy (non-hydrogen) atoms. The fourth-order valence-corrected chi connectivity index (χ4v) is 1.85. The molecule has 1 saturated heterocycles. The van der Waals surface area contributed by atoms with Gasteiger partial charge in [0, 0.05) is 21.3 Å². The second kappa shape index (κ2) is 5.04. The van der Waals surface area contributed by atoms with Gasteiger partial charge in [0.25, 0.3) is 0 Å². The molecular weight excluding hydrogens is 186 g/mol. The van der Waals surface area contributed by atoms with E-state index in [4.69, 9.17) is 24.7 Å². The lowest BCUT2D eigenvalue weighted by molar-refractivity contribution is -0.267. The Morgan fingerprint density at radius 3 is 2.00 bits per heavy atom. The van der Waals surface area contributed by atoms with Gasteiger partial charge in [-0.15, -0.1) is 0 Å². The molecule has 0 bridgehead atoms. The van der Waals surface area contributed by atoms with E-state index in [0.717, 1.165) is 0 Å². The molecule has 0 radical (unpaired) electrons. The summed E-state index contributed by atoms with van der Waals surface area (Å²) >= 11 is 0. The number of nitrogens with two attached hydrogens (primary N) is 1. The van der Waals surface area contributed by atoms with Crippen molar-refractivity contribution >= 4 is 0 Å². The number of hydrogen-bond donors (Lipinski definition) is 1. The molecule has 84 valence electrons. The summed E-state index contributed by atoms with van der Waals surface area (Å²) in [4.78, 5) is 0. The van der Waals surface area contributed by atoms with Crippen LogP contribution in [-0.2, 0) is 18.9 Å². The Hall–Kier alpha value is -0.200. The minimum absolute atomic E-state index is 0.0913. The maximum absolute atomic E-state index is 5.99. The third-order valence-electron chi connectivity index (χ3n) is 2.62. The van der Waals surface area contributed by atoms with Crippen molar-refractivity contribution in [2.75, 3.05) is 21.3 Å². The van der Waals surface area contributed by atoms with Gasteiger partial charge in [-0.3, -0.25) is 0 Å². The van der Waals surface area contributed by atoms with Gasteiger partial charge in [-0.25, -0.2) is 0 Å². The Bertz CT molecular complexity index is 178. The molecule has 5 unspecified atom stereocenters. The molecule has 1 fully saturated rings. The lowest BCUT2D eigenvalue weighted by atomic mass is 9.97. The average molecular weight is 205 g/mol. The van der Waals surface area contributed by atoms with Crippen molar-refractivity contribution in [1.29, 1.82) is 0 Å². The van der Waals surface area contributed by atoms with Crippen molar-refractivity contribution in [2.45, 2.75) is 37.6 Å². The van der Waals surface area contributed by atoms with Crippen molar-refractivity contribution in [3.63, 3.8) is 0 Å². The number of ether oxygens (including phenoxy) is 4. The molecule has 5 nitrogen and oxygen atoms in total. The van der Waals surface area contributed by atoms with Gasteiger partial charge in [-0.1, -0.05) is 0 Å². The van der Waals surface area contributed by atoms with Crippen LogP contribution in [-0.4, -0.2) is 52.0 Å². The van der Waals surface area contributed by atoms with E-state index in [1.807, 2.05) is 6.92 Å². The van der Waals surface area contributed by atoms with E-state index < -0.39 is 6.29 Å². The molecule has 0 aliphatic carbocycles. The molecule has 1 aliphatic heterocycles. The first kappa shape index (κ1) is 11.9. The van der Waals surface area contributed by atoms with Crippen molar-refractivity contribution in [3.05, 3.63) is 0 Å². The van der Waals surface area contributed by atoms with Crippen LogP contribution in [0.25, 0.3) is 0 Å². The van der Waals surface area contributed by atoms with Crippen LogP contribution in [0.4, 0.5) is 0 Å². The van der Waals surface area contributed by atoms with Gasteiger partial charge in [0.05, 0.1) is 12.1 Å². The summed E-state index contributed by atoms with van der Waals surface area (Å²) in [5, 5.41) is 0. The second-order valence-corrected chi connectivity index (χ2v) is 3.42. The normalized spacial score (nSPS) is 43.9. The molecule has 1 aliphatic rings. The Morgan fingerprint density at radius 2 is 1.57 bits per heavy atom. The molecule has 5 heteroatoms. The van der Waals surface area contributed by atoms with Gasteiger partial charge in [0.15, 0.2) is 6.29 Å². The van der Waals surface area contributed by atoms with Crippen molar-refractivity contribution in [3.8, 4) is 0 Å². The van der Waals surface area contributed by atoms with Gasteiger partial charge < -0.3 is 24.7 Å². The third kappa shape index (κ3) is 2.07. The molecule has 1 rings (SSSR count). The zero-order valence-electron chi connectivity index (χ0n) is 9.10. The van der Waals surface area contributed by atoms with Crippen molar-refractivity contribution in [1.82, 2.24) is 0 Å². The van der Waals surface area contributed by atoms with Crippen LogP contribution in [0.3, 0.4) is 0 Å². The Morgan fingerprint density at radius 1 is 1.00 bits per heavy atom. The molecule has 0 saturated carbocycles. The highest BCUT2D eigenvalue weighted by molar-refractivity contribution is 4.92. The Balaban J connectivity index is 2.72. The van der Waals surface area contributed by atoms with Gasteiger partial charge in [0.2, 0.25) is 0 Å². The molecule has 1 heterocycles. The van der Waals surface area contributed by atoms with Crippen LogP contribution in [0.15, 0.2) is 0 Å². The summed E-state index contributed by atoms with van der Waals surface area (Å²) in [5.74, 6) is 0. The standard InChI is InChI=1S/C9H19NO4/c1-5-7(11-2)6(10)8(12-3)9(13-4)14-5/h5-9H,10H2,1-4H3. The van der Waals surface area contributed by atoms with E-state index in [-0.39, 0.29) is 24.4 Å². The maximum Gasteiger partial charge on any atom is 0.185 e. The van der Waals surface area contributed by atoms with E-state index >= 15 is 0 Å². The van der Waals surface area contributed by atoms with Gasteiger partial charge in [-0.05, 0) is 6.92 Å². The highest BCUT2D eigenvalue weighted by Crippen LogP contribution is 2.23. The minimum atomic E-state index is -0.420. The molecule has 0 aromatic carbocycles. The average Bonchev–Trinajstić information content (AvgIpc) is 2.17. The smallest absolute Gasteiger partial charge is 0.185 e. The molecular formula is C9H19NO4. The summed E-state index contributed by atoms with van der Waals surface area (Å²) in [6.45, 7) is 1.91. The first-order valence-corrected chi connectivity index (χ1v) is 4.65. The van der Waals surface area contributed by atoms with E-state index in [0.29, 0.717) is 0 Å². The van der Waals surface area contributed by atoms with E-state index in [1.54, 1.807) is 21.3 Å². The maximum atomic E-state index is 5.99. The highest BCUT2D eigenvalue weighted by Gasteiger charge is 2.43. The number of methoxy groups -OCH3 is 3. The van der Waals surface area contributed by atoms with E-state index in [2.05, 4.69) is 0 Å². The van der Waals surface area contributed by atoms with Crippen LogP contribution in [0, 0.1) is 0 Å². The van der Waals surface area contributed by atoms with Crippen LogP contribution in [0.2, 0.25) is 0 Å². The van der Waals surface area contributed by atoms with E-state index in [1.165, 1.54) is 0 Å². The SMILES string of the molecule is COC1OC(C)C(OC)C(N)C1OC. The predicted molar refractivity (Wildman–Crippen MR) is 50.9 cm³/mol. The summed E-state index contributed by atoms with van der Waals surface area (Å²) in [6, 6.07) is -0.237. The lowest BCUT2D eigenvalue weighted by Crippen LogP contribution is -2.62. The summed E-state index contributed by atoms with van der Waals surface area (Å²) in [7, 11) is 4.77. The quantitative estimate of drug-likeness (QED) is 0.687. The number of rotatable bonds is 3. The molecule has 0 amide bonds. The summed E-state index contributed by atoms with van der Waals surface area (Å²) < 4.78 is 21.2. The van der Waals surface area contributed by atoms with Crippen LogP contribution >= 0.6 is 0 Å². The fourth-order valence-electron chi connectivity index (χ4n) is 1.85. The monoisotopic (exact) mass is 205 g/mol. The first-order chi connectivity index (χ1) is 6.65. The fraction of sp³-hybridized carbons (Fsp3) is 1.00. The van der Waals surface area contributed by atoms with E-state index in [9.17, 15) is 0 Å². The predicted octanol–water partition coefficient (Wildman–Crippen LogP) is -0.265. The van der Waals surface area contributed by atoms with Gasteiger partial charge in [-0.2, -0.15) is 0 Å². The molecule has 0 aromatic rings. The topological polar surface area (TPSA) is 62.9 Å². The Kier molecular flexibility index (Phi) is 4.28. The van der Waals surface area contributed by atoms with Crippen LogP contribution in [0.1, 0.15) is 6.92 Å². The lowest BCUT2D eigenvalue weighted by Gasteiger charge is -2.42. The molecule has 5 atom stereocenters. The van der Waals surface area contributed by atoms with Gasteiger partial charge >= 0.3 is 0 Å². The molecule has 2 N–H and O–H groups in total. The zero-order valence-corrected chi connectivity index (χ0v) is 9.10. The molecule has 0 spiro atoms. The summed E-state index contributed by atoms with van der Waals surface area (Å²) in [6.07, 6.45) is -0.963. The van der Waals surface area contributed by atoms with Crippen molar-refractivity contribution in [2.24, 2.45) is 5.73 Å². The van der Waals surface area contributed by atoms with Gasteiger partial charge in [0.1, 0.15) is 12.2 Å². The third-order valence-corrected chi connectivity index (χ3v) is 2.62. The minimum Gasteiger partial charge on any atom is -0.377 e. The second-order valence-electron chi connectivity index (χ2n) is 3.42. The first-order valence-electron chi connectivity index (χ1n) is 4.65.